The fourth-order valence-corrected chi connectivity index (χ4v) is 2.21. The van der Waals surface area contributed by atoms with Crippen LogP contribution >= 0.6 is 24.0 Å². The normalized spacial score (nSPS) is 12.2. The molecule has 0 radical (unpaired) electrons. The van der Waals surface area contributed by atoms with E-state index in [0.29, 0.717) is 32.1 Å². The number of alkyl halides is 3. The van der Waals surface area contributed by atoms with Crippen molar-refractivity contribution in [2.75, 3.05) is 26.7 Å². The minimum Gasteiger partial charge on any atom is -0.357 e. The van der Waals surface area contributed by atoms with Gasteiger partial charge in [-0.2, -0.15) is 13.2 Å². The zero-order valence-electron chi connectivity index (χ0n) is 17.0. The number of hydrogen-bond donors (Lipinski definition) is 2. The Morgan fingerprint density at radius 1 is 1.11 bits per heavy atom. The van der Waals surface area contributed by atoms with Crippen molar-refractivity contribution in [2.24, 2.45) is 10.4 Å². The van der Waals surface area contributed by atoms with Gasteiger partial charge in [0.15, 0.2) is 5.96 Å². The lowest BCUT2D eigenvalue weighted by Crippen LogP contribution is -2.40. The van der Waals surface area contributed by atoms with Gasteiger partial charge in [-0.05, 0) is 24.6 Å². The fourth-order valence-electron chi connectivity index (χ4n) is 2.21. The molecule has 5 nitrogen and oxygen atoms in total. The predicted molar refractivity (Wildman–Crippen MR) is 117 cm³/mol. The van der Waals surface area contributed by atoms with Crippen LogP contribution in [0.4, 0.5) is 13.2 Å². The van der Waals surface area contributed by atoms with Gasteiger partial charge in [-0.15, -0.1) is 24.0 Å². The Morgan fingerprint density at radius 3 is 2.14 bits per heavy atom. The van der Waals surface area contributed by atoms with Crippen molar-refractivity contribution in [3.8, 4) is 0 Å². The molecule has 1 amide bonds. The second-order valence-corrected chi connectivity index (χ2v) is 7.29. The molecular formula is C19H30F3IN4O. The van der Waals surface area contributed by atoms with Gasteiger partial charge >= 0.3 is 6.18 Å². The summed E-state index contributed by atoms with van der Waals surface area (Å²) in [5, 5.41) is 5.97. The summed E-state index contributed by atoms with van der Waals surface area (Å²) in [5.74, 6) is 0.586. The Hall–Kier alpha value is -1.52. The number of hydrogen-bond acceptors (Lipinski definition) is 2. The summed E-state index contributed by atoms with van der Waals surface area (Å²) in [6.45, 7) is 9.35. The summed E-state index contributed by atoms with van der Waals surface area (Å²) >= 11 is 0. The van der Waals surface area contributed by atoms with Crippen LogP contribution in [0.3, 0.4) is 0 Å². The second kappa shape index (κ2) is 11.5. The van der Waals surface area contributed by atoms with E-state index in [4.69, 9.17) is 0 Å². The van der Waals surface area contributed by atoms with Crippen molar-refractivity contribution in [3.63, 3.8) is 0 Å². The van der Waals surface area contributed by atoms with Crippen LogP contribution < -0.4 is 10.6 Å². The zero-order chi connectivity index (χ0) is 20.7. The van der Waals surface area contributed by atoms with Gasteiger partial charge in [-0.1, -0.05) is 32.9 Å². The third-order valence-electron chi connectivity index (χ3n) is 3.74. The van der Waals surface area contributed by atoms with Crippen LogP contribution in [0.5, 0.6) is 0 Å². The van der Waals surface area contributed by atoms with Crippen LogP contribution in [0.15, 0.2) is 29.3 Å². The largest absolute Gasteiger partial charge is 0.416 e. The minimum absolute atomic E-state index is 0. The Kier molecular flexibility index (Phi) is 10.9. The van der Waals surface area contributed by atoms with E-state index in [1.807, 2.05) is 39.6 Å². The Balaban J connectivity index is 0.00000729. The van der Waals surface area contributed by atoms with Crippen LogP contribution in [0.25, 0.3) is 0 Å². The lowest BCUT2D eigenvalue weighted by molar-refractivity contribution is -0.137. The highest BCUT2D eigenvalue weighted by Crippen LogP contribution is 2.29. The van der Waals surface area contributed by atoms with Gasteiger partial charge in [-0.25, -0.2) is 0 Å². The summed E-state index contributed by atoms with van der Waals surface area (Å²) < 4.78 is 37.9. The van der Waals surface area contributed by atoms with Gasteiger partial charge in [0, 0.05) is 32.1 Å². The highest BCUT2D eigenvalue weighted by atomic mass is 127. The molecule has 1 rings (SSSR count). The van der Waals surface area contributed by atoms with E-state index in [9.17, 15) is 18.0 Å². The number of carbonyl (C=O) groups is 1. The highest BCUT2D eigenvalue weighted by Gasteiger charge is 2.30. The Morgan fingerprint density at radius 2 is 1.68 bits per heavy atom. The van der Waals surface area contributed by atoms with Gasteiger partial charge in [0.25, 0.3) is 0 Å². The number of carbonyl (C=O) groups excluding carboxylic acids is 1. The smallest absolute Gasteiger partial charge is 0.357 e. The highest BCUT2D eigenvalue weighted by molar-refractivity contribution is 14.0. The third kappa shape index (κ3) is 9.11. The van der Waals surface area contributed by atoms with Crippen LogP contribution in [-0.2, 0) is 17.5 Å². The average molecular weight is 514 g/mol. The number of nitrogens with one attached hydrogen (secondary N) is 2. The van der Waals surface area contributed by atoms with E-state index >= 15 is 0 Å². The summed E-state index contributed by atoms with van der Waals surface area (Å²) in [7, 11) is 1.81. The van der Waals surface area contributed by atoms with Crippen LogP contribution in [0.1, 0.15) is 38.8 Å². The molecule has 160 valence electrons. The van der Waals surface area contributed by atoms with E-state index in [1.54, 1.807) is 0 Å². The predicted octanol–water partition coefficient (Wildman–Crippen LogP) is 3.88. The second-order valence-electron chi connectivity index (χ2n) is 7.29. The van der Waals surface area contributed by atoms with Gasteiger partial charge in [0.2, 0.25) is 5.91 Å². The summed E-state index contributed by atoms with van der Waals surface area (Å²) in [6.07, 6.45) is -4.34. The van der Waals surface area contributed by atoms with Crippen LogP contribution in [0.2, 0.25) is 0 Å². The van der Waals surface area contributed by atoms with Crippen LogP contribution in [-0.4, -0.2) is 43.4 Å². The van der Waals surface area contributed by atoms with Gasteiger partial charge in [0.1, 0.15) is 0 Å². The molecule has 0 aromatic heterocycles. The van der Waals surface area contributed by atoms with E-state index < -0.39 is 17.2 Å². The van der Waals surface area contributed by atoms with Crippen molar-refractivity contribution < 1.29 is 18.0 Å². The third-order valence-corrected chi connectivity index (χ3v) is 3.74. The quantitative estimate of drug-likeness (QED) is 0.262. The molecule has 0 heterocycles. The first-order valence-corrected chi connectivity index (χ1v) is 8.89. The molecule has 0 saturated carbocycles. The van der Waals surface area contributed by atoms with E-state index in [-0.39, 0.29) is 29.9 Å². The number of amides is 1. The average Bonchev–Trinajstić information content (AvgIpc) is 2.56. The lowest BCUT2D eigenvalue weighted by atomic mass is 9.96. The van der Waals surface area contributed by atoms with Crippen molar-refractivity contribution >= 4 is 35.8 Å². The number of nitrogens with zero attached hydrogens (tertiary/aromatic N) is 2. The van der Waals surface area contributed by atoms with Crippen molar-refractivity contribution in [1.82, 2.24) is 15.5 Å². The molecule has 0 aliphatic heterocycles. The molecule has 0 unspecified atom stereocenters. The van der Waals surface area contributed by atoms with E-state index in [0.717, 1.165) is 17.7 Å². The number of benzene rings is 1. The Labute approximate surface area is 182 Å². The lowest BCUT2D eigenvalue weighted by Gasteiger charge is -2.22. The maximum atomic E-state index is 12.6. The molecule has 1 aromatic rings. The van der Waals surface area contributed by atoms with Gasteiger partial charge in [-0.3, -0.25) is 9.79 Å². The summed E-state index contributed by atoms with van der Waals surface area (Å²) in [5.41, 5.74) is -0.366. The summed E-state index contributed by atoms with van der Waals surface area (Å²) in [6, 6.07) is 5.09. The van der Waals surface area contributed by atoms with E-state index in [2.05, 4.69) is 15.6 Å². The molecule has 0 fully saturated rings. The van der Waals surface area contributed by atoms with Crippen molar-refractivity contribution in [2.45, 2.75) is 40.4 Å². The maximum absolute atomic E-state index is 12.6. The molecule has 0 spiro atoms. The molecule has 0 aliphatic rings. The molecule has 1 aromatic carbocycles. The molecule has 0 atom stereocenters. The molecular weight excluding hydrogens is 484 g/mol. The first-order chi connectivity index (χ1) is 12.4. The molecule has 28 heavy (non-hydrogen) atoms. The molecule has 0 saturated heterocycles. The Bertz CT molecular complexity index is 640. The number of rotatable bonds is 6. The topological polar surface area (TPSA) is 56.7 Å². The molecule has 2 N–H and O–H groups in total. The summed E-state index contributed by atoms with van der Waals surface area (Å²) in [4.78, 5) is 18.1. The first-order valence-electron chi connectivity index (χ1n) is 8.89. The molecule has 0 bridgehead atoms. The van der Waals surface area contributed by atoms with Gasteiger partial charge < -0.3 is 15.5 Å². The maximum Gasteiger partial charge on any atom is 0.416 e. The van der Waals surface area contributed by atoms with Gasteiger partial charge in [0.05, 0.1) is 12.1 Å². The standard InChI is InChI=1S/C19H29F3N4O.HI/c1-6-23-17(25-12-11-24-16(27)18(2,3)4)26(5)13-14-7-9-15(10-8-14)19(20,21)22;/h7-10H,6,11-13H2,1-5H3,(H,23,25)(H,24,27);1H. The number of guanidine groups is 1. The van der Waals surface area contributed by atoms with Crippen LogP contribution in [0, 0.1) is 5.41 Å². The minimum atomic E-state index is -4.34. The van der Waals surface area contributed by atoms with E-state index in [1.165, 1.54) is 12.1 Å². The fraction of sp³-hybridized carbons (Fsp3) is 0.579. The first kappa shape index (κ1) is 26.5. The molecule has 0 aliphatic carbocycles. The molecule has 9 heteroatoms. The number of halogens is 4. The zero-order valence-corrected chi connectivity index (χ0v) is 19.3. The number of aliphatic imine (C=N–C) groups is 1. The SMILES string of the molecule is CCNC(=NCCNC(=O)C(C)(C)C)N(C)Cc1ccc(C(F)(F)F)cc1.I. The van der Waals surface area contributed by atoms with Crippen molar-refractivity contribution in [1.29, 1.82) is 0 Å². The van der Waals surface area contributed by atoms with Crippen molar-refractivity contribution in [3.05, 3.63) is 35.4 Å². The monoisotopic (exact) mass is 514 g/mol.